The molecule has 0 aliphatic heterocycles. The van der Waals surface area contributed by atoms with Crippen LogP contribution in [0.25, 0.3) is 22.0 Å². The van der Waals surface area contributed by atoms with Gasteiger partial charge in [-0.3, -0.25) is 9.78 Å². The average molecular weight is 356 g/mol. The van der Waals surface area contributed by atoms with Crippen LogP contribution in [0.1, 0.15) is 16.1 Å². The third kappa shape index (κ3) is 3.20. The van der Waals surface area contributed by atoms with Gasteiger partial charge in [0.15, 0.2) is 5.78 Å². The molecule has 2 heterocycles. The van der Waals surface area contributed by atoms with Crippen LogP contribution < -0.4 is 5.73 Å². The van der Waals surface area contributed by atoms with E-state index in [1.54, 1.807) is 30.5 Å². The van der Waals surface area contributed by atoms with Crippen LogP contribution in [-0.4, -0.2) is 25.8 Å². The predicted molar refractivity (Wildman–Crippen MR) is 103 cm³/mol. The number of aromatic nitrogens is 3. The Bertz CT molecular complexity index is 1130. The van der Waals surface area contributed by atoms with Crippen molar-refractivity contribution in [3.8, 4) is 16.9 Å². The summed E-state index contributed by atoms with van der Waals surface area (Å²) in [6.07, 6.45) is 3.25. The Hall–Kier alpha value is -3.80. The van der Waals surface area contributed by atoms with Crippen molar-refractivity contribution in [3.63, 3.8) is 0 Å². The largest absolute Gasteiger partial charge is 0.506 e. The lowest BCUT2D eigenvalue weighted by molar-refractivity contribution is 0.0992. The van der Waals surface area contributed by atoms with Crippen molar-refractivity contribution in [1.29, 1.82) is 0 Å². The van der Waals surface area contributed by atoms with Crippen LogP contribution in [0.5, 0.6) is 5.75 Å². The zero-order valence-corrected chi connectivity index (χ0v) is 14.3. The summed E-state index contributed by atoms with van der Waals surface area (Å²) in [5, 5.41) is 10.6. The van der Waals surface area contributed by atoms with Crippen LogP contribution in [0.3, 0.4) is 0 Å². The third-order valence-corrected chi connectivity index (χ3v) is 4.38. The molecule has 0 saturated carbocycles. The van der Waals surface area contributed by atoms with Crippen LogP contribution in [-0.2, 0) is 6.42 Å². The quantitative estimate of drug-likeness (QED) is 0.543. The monoisotopic (exact) mass is 356 g/mol. The maximum atomic E-state index is 12.5. The van der Waals surface area contributed by atoms with E-state index in [0.717, 1.165) is 16.8 Å². The first-order chi connectivity index (χ1) is 13.1. The van der Waals surface area contributed by atoms with Gasteiger partial charge in [-0.25, -0.2) is 9.97 Å². The molecule has 0 bridgehead atoms. The molecular weight excluding hydrogens is 340 g/mol. The predicted octanol–water partition coefficient (Wildman–Crippen LogP) is 3.41. The number of rotatable bonds is 4. The first-order valence-electron chi connectivity index (χ1n) is 8.39. The van der Waals surface area contributed by atoms with Crippen LogP contribution in [0.2, 0.25) is 0 Å². The molecule has 4 aromatic rings. The number of hydrogen-bond donors (Lipinski definition) is 2. The zero-order valence-electron chi connectivity index (χ0n) is 14.3. The molecule has 0 saturated heterocycles. The molecule has 27 heavy (non-hydrogen) atoms. The first kappa shape index (κ1) is 16.7. The molecule has 0 aliphatic carbocycles. The minimum Gasteiger partial charge on any atom is -0.506 e. The van der Waals surface area contributed by atoms with Crippen molar-refractivity contribution >= 4 is 22.5 Å². The van der Waals surface area contributed by atoms with E-state index >= 15 is 0 Å². The van der Waals surface area contributed by atoms with E-state index in [2.05, 4.69) is 15.0 Å². The number of fused-ring (bicyclic) bond motifs is 1. The highest BCUT2D eigenvalue weighted by Gasteiger charge is 2.13. The topological polar surface area (TPSA) is 102 Å². The van der Waals surface area contributed by atoms with E-state index in [9.17, 15) is 9.90 Å². The molecule has 0 unspecified atom stereocenters. The number of Topliss-reactive ketones (excluding diaryl/α,β-unsaturated/α-hetero) is 1. The second-order valence-corrected chi connectivity index (χ2v) is 6.11. The highest BCUT2D eigenvalue weighted by molar-refractivity contribution is 6.04. The van der Waals surface area contributed by atoms with Gasteiger partial charge in [0.05, 0.1) is 11.8 Å². The molecular formula is C21H16N4O2. The fourth-order valence-electron chi connectivity index (χ4n) is 3.03. The SMILES string of the molecule is Nc1ncnc2c(O)ccc(-c3ccc(C(=O)Cc4ccccn4)cc3)c12. The maximum Gasteiger partial charge on any atom is 0.168 e. The van der Waals surface area contributed by atoms with E-state index in [1.807, 2.05) is 30.3 Å². The Morgan fingerprint density at radius 3 is 2.52 bits per heavy atom. The molecule has 0 radical (unpaired) electrons. The van der Waals surface area contributed by atoms with Gasteiger partial charge in [-0.05, 0) is 35.4 Å². The van der Waals surface area contributed by atoms with Crippen LogP contribution in [0, 0.1) is 0 Å². The number of ketones is 1. The lowest BCUT2D eigenvalue weighted by atomic mass is 9.97. The van der Waals surface area contributed by atoms with Gasteiger partial charge in [0.25, 0.3) is 0 Å². The van der Waals surface area contributed by atoms with Gasteiger partial charge in [-0.1, -0.05) is 30.3 Å². The third-order valence-electron chi connectivity index (χ3n) is 4.38. The lowest BCUT2D eigenvalue weighted by Gasteiger charge is -2.10. The molecule has 3 N–H and O–H groups in total. The standard InChI is InChI=1S/C21H16N4O2/c22-21-19-16(8-9-17(26)20(19)24-12-25-21)13-4-6-14(7-5-13)18(27)11-15-3-1-2-10-23-15/h1-10,12,26H,11H2,(H2,22,24,25). The van der Waals surface area contributed by atoms with Crippen molar-refractivity contribution in [2.24, 2.45) is 0 Å². The summed E-state index contributed by atoms with van der Waals surface area (Å²) in [6, 6.07) is 16.1. The molecule has 0 amide bonds. The zero-order chi connectivity index (χ0) is 18.8. The van der Waals surface area contributed by atoms with Crippen molar-refractivity contribution in [1.82, 2.24) is 15.0 Å². The van der Waals surface area contributed by atoms with Crippen LogP contribution in [0.4, 0.5) is 5.82 Å². The van der Waals surface area contributed by atoms with Crippen molar-refractivity contribution < 1.29 is 9.90 Å². The van der Waals surface area contributed by atoms with Crippen molar-refractivity contribution in [2.75, 3.05) is 5.73 Å². The number of carbonyl (C=O) groups is 1. The van der Waals surface area contributed by atoms with Gasteiger partial charge in [0, 0.05) is 17.5 Å². The summed E-state index contributed by atoms with van der Waals surface area (Å²) >= 11 is 0. The van der Waals surface area contributed by atoms with Gasteiger partial charge in [0.2, 0.25) is 0 Å². The summed E-state index contributed by atoms with van der Waals surface area (Å²) in [4.78, 5) is 24.8. The lowest BCUT2D eigenvalue weighted by Crippen LogP contribution is -2.04. The van der Waals surface area contributed by atoms with E-state index in [-0.39, 0.29) is 18.0 Å². The normalized spacial score (nSPS) is 10.8. The molecule has 2 aromatic carbocycles. The summed E-state index contributed by atoms with van der Waals surface area (Å²) in [7, 11) is 0. The number of phenols is 1. The number of aromatic hydroxyl groups is 1. The minimum absolute atomic E-state index is 0.00124. The Labute approximate surface area is 155 Å². The van der Waals surface area contributed by atoms with Gasteiger partial charge >= 0.3 is 0 Å². The van der Waals surface area contributed by atoms with Gasteiger partial charge in [-0.2, -0.15) is 0 Å². The fraction of sp³-hybridized carbons (Fsp3) is 0.0476. The first-order valence-corrected chi connectivity index (χ1v) is 8.39. The van der Waals surface area contributed by atoms with E-state index in [1.165, 1.54) is 6.33 Å². The van der Waals surface area contributed by atoms with Crippen LogP contribution in [0.15, 0.2) is 67.1 Å². The molecule has 6 nitrogen and oxygen atoms in total. The summed E-state index contributed by atoms with van der Waals surface area (Å²) in [5.74, 6) is 0.338. The van der Waals surface area contributed by atoms with E-state index < -0.39 is 0 Å². The second kappa shape index (κ2) is 6.84. The Morgan fingerprint density at radius 1 is 0.963 bits per heavy atom. The minimum atomic E-state index is -0.00124. The van der Waals surface area contributed by atoms with E-state index in [0.29, 0.717) is 22.3 Å². The molecule has 132 valence electrons. The second-order valence-electron chi connectivity index (χ2n) is 6.11. The average Bonchev–Trinajstić information content (AvgIpc) is 2.70. The van der Waals surface area contributed by atoms with Crippen molar-refractivity contribution in [2.45, 2.75) is 6.42 Å². The molecule has 0 fully saturated rings. The molecule has 4 rings (SSSR count). The molecule has 0 aliphatic rings. The number of nitrogen functional groups attached to an aromatic ring is 1. The number of anilines is 1. The number of phenolic OH excluding ortho intramolecular Hbond substituents is 1. The summed E-state index contributed by atoms with van der Waals surface area (Å²) < 4.78 is 0. The highest BCUT2D eigenvalue weighted by atomic mass is 16.3. The number of hydrogen-bond acceptors (Lipinski definition) is 6. The van der Waals surface area contributed by atoms with Gasteiger partial charge in [-0.15, -0.1) is 0 Å². The number of pyridine rings is 1. The Balaban J connectivity index is 1.68. The molecule has 0 atom stereocenters. The maximum absolute atomic E-state index is 12.5. The van der Waals surface area contributed by atoms with Crippen molar-refractivity contribution in [3.05, 3.63) is 78.4 Å². The number of nitrogens with two attached hydrogens (primary N) is 1. The summed E-state index contributed by atoms with van der Waals surface area (Å²) in [6.45, 7) is 0. The van der Waals surface area contributed by atoms with E-state index in [4.69, 9.17) is 5.73 Å². The molecule has 2 aromatic heterocycles. The smallest absolute Gasteiger partial charge is 0.168 e. The Morgan fingerprint density at radius 2 is 1.78 bits per heavy atom. The molecule has 6 heteroatoms. The Kier molecular flexibility index (Phi) is 4.22. The number of benzene rings is 2. The number of nitrogens with zero attached hydrogens (tertiary/aromatic N) is 3. The number of carbonyl (C=O) groups excluding carboxylic acids is 1. The summed E-state index contributed by atoms with van der Waals surface area (Å²) in [5.41, 5.74) is 9.40. The highest BCUT2D eigenvalue weighted by Crippen LogP contribution is 2.35. The molecule has 0 spiro atoms. The van der Waals surface area contributed by atoms with Gasteiger partial charge < -0.3 is 10.8 Å². The van der Waals surface area contributed by atoms with Gasteiger partial charge in [0.1, 0.15) is 23.4 Å². The van der Waals surface area contributed by atoms with Crippen LogP contribution >= 0.6 is 0 Å². The fourth-order valence-corrected chi connectivity index (χ4v) is 3.03.